The fourth-order valence-corrected chi connectivity index (χ4v) is 2.77. The quantitative estimate of drug-likeness (QED) is 0.545. The minimum atomic E-state index is 0.643. The van der Waals surface area contributed by atoms with Crippen molar-refractivity contribution >= 4 is 5.96 Å². The van der Waals surface area contributed by atoms with Crippen LogP contribution in [0.2, 0.25) is 0 Å². The zero-order valence-corrected chi connectivity index (χ0v) is 15.2. The third kappa shape index (κ3) is 4.93. The molecular weight excluding hydrogens is 320 g/mol. The monoisotopic (exact) mass is 344 g/mol. The highest BCUT2D eigenvalue weighted by Crippen LogP contribution is 2.21. The van der Waals surface area contributed by atoms with Gasteiger partial charge in [0.2, 0.25) is 0 Å². The van der Waals surface area contributed by atoms with E-state index in [-0.39, 0.29) is 0 Å². The van der Waals surface area contributed by atoms with Crippen molar-refractivity contribution in [1.29, 1.82) is 0 Å². The molecule has 0 unspecified atom stereocenters. The van der Waals surface area contributed by atoms with E-state index in [1.807, 2.05) is 18.2 Å². The van der Waals surface area contributed by atoms with Gasteiger partial charge in [-0.25, -0.2) is 0 Å². The summed E-state index contributed by atoms with van der Waals surface area (Å²) in [5.74, 6) is 0.761. The Bertz CT molecular complexity index is 872. The highest BCUT2D eigenvalue weighted by Gasteiger charge is 2.02. The Morgan fingerprint density at radius 2 is 1.65 bits per heavy atom. The van der Waals surface area contributed by atoms with Crippen molar-refractivity contribution in [2.24, 2.45) is 4.99 Å². The minimum Gasteiger partial charge on any atom is -0.352 e. The van der Waals surface area contributed by atoms with E-state index < -0.39 is 0 Å². The van der Waals surface area contributed by atoms with Crippen LogP contribution in [0.4, 0.5) is 0 Å². The van der Waals surface area contributed by atoms with Crippen molar-refractivity contribution in [3.63, 3.8) is 0 Å². The molecule has 0 radical (unpaired) electrons. The first-order valence-corrected chi connectivity index (χ1v) is 8.75. The van der Waals surface area contributed by atoms with Crippen LogP contribution in [0.15, 0.2) is 77.9 Å². The van der Waals surface area contributed by atoms with E-state index >= 15 is 0 Å². The number of aryl methyl sites for hydroxylation is 1. The fourth-order valence-electron chi connectivity index (χ4n) is 2.77. The average Bonchev–Trinajstić information content (AvgIpc) is 2.69. The summed E-state index contributed by atoms with van der Waals surface area (Å²) in [6, 6.07) is 23.0. The number of rotatable bonds is 5. The number of hydrogen-bond donors (Lipinski definition) is 2. The van der Waals surface area contributed by atoms with Crippen LogP contribution < -0.4 is 10.6 Å². The van der Waals surface area contributed by atoms with E-state index in [4.69, 9.17) is 0 Å². The topological polar surface area (TPSA) is 49.3 Å². The lowest BCUT2D eigenvalue weighted by Crippen LogP contribution is -2.36. The van der Waals surface area contributed by atoms with Crippen LogP contribution in [0, 0.1) is 6.92 Å². The van der Waals surface area contributed by atoms with Gasteiger partial charge in [0.1, 0.15) is 0 Å². The molecule has 2 N–H and O–H groups in total. The van der Waals surface area contributed by atoms with E-state index in [9.17, 15) is 0 Å². The molecule has 0 aliphatic heterocycles. The summed E-state index contributed by atoms with van der Waals surface area (Å²) in [6.07, 6.45) is 1.80. The van der Waals surface area contributed by atoms with Gasteiger partial charge in [-0.2, -0.15) is 0 Å². The van der Waals surface area contributed by atoms with Crippen LogP contribution in [-0.2, 0) is 13.1 Å². The zero-order valence-electron chi connectivity index (χ0n) is 15.2. The van der Waals surface area contributed by atoms with Gasteiger partial charge >= 0.3 is 0 Å². The van der Waals surface area contributed by atoms with Crippen molar-refractivity contribution in [2.45, 2.75) is 20.0 Å². The van der Waals surface area contributed by atoms with E-state index in [1.54, 1.807) is 13.2 Å². The van der Waals surface area contributed by atoms with Gasteiger partial charge in [0.25, 0.3) is 0 Å². The summed E-state index contributed by atoms with van der Waals surface area (Å²) in [5.41, 5.74) is 5.93. The maximum Gasteiger partial charge on any atom is 0.191 e. The van der Waals surface area contributed by atoms with Crippen LogP contribution >= 0.6 is 0 Å². The SMILES string of the molecule is CN=C(NCc1cccc(-c2cccc(C)c2)c1)NCc1ccccn1. The molecule has 1 heterocycles. The summed E-state index contributed by atoms with van der Waals surface area (Å²) in [5, 5.41) is 6.64. The van der Waals surface area contributed by atoms with E-state index in [0.717, 1.165) is 11.7 Å². The summed E-state index contributed by atoms with van der Waals surface area (Å²) in [4.78, 5) is 8.59. The Labute approximate surface area is 155 Å². The third-order valence-electron chi connectivity index (χ3n) is 4.13. The highest BCUT2D eigenvalue weighted by molar-refractivity contribution is 5.79. The predicted molar refractivity (Wildman–Crippen MR) is 108 cm³/mol. The largest absolute Gasteiger partial charge is 0.352 e. The Morgan fingerprint density at radius 1 is 0.885 bits per heavy atom. The molecule has 132 valence electrons. The summed E-state index contributed by atoms with van der Waals surface area (Å²) in [7, 11) is 1.77. The van der Waals surface area contributed by atoms with Crippen molar-refractivity contribution in [3.05, 3.63) is 89.7 Å². The summed E-state index contributed by atoms with van der Waals surface area (Å²) < 4.78 is 0. The smallest absolute Gasteiger partial charge is 0.191 e. The molecule has 0 aliphatic rings. The van der Waals surface area contributed by atoms with Gasteiger partial charge in [-0.05, 0) is 41.8 Å². The first-order valence-electron chi connectivity index (χ1n) is 8.75. The van der Waals surface area contributed by atoms with Gasteiger partial charge in [-0.1, -0.05) is 54.1 Å². The highest BCUT2D eigenvalue weighted by atomic mass is 15.2. The Kier molecular flexibility index (Phi) is 5.99. The Hall–Kier alpha value is -3.14. The second kappa shape index (κ2) is 8.81. The van der Waals surface area contributed by atoms with Crippen molar-refractivity contribution < 1.29 is 0 Å². The molecule has 2 aromatic carbocycles. The maximum absolute atomic E-state index is 4.31. The molecule has 0 spiro atoms. The van der Waals surface area contributed by atoms with Crippen LogP contribution in [0.1, 0.15) is 16.8 Å². The zero-order chi connectivity index (χ0) is 18.2. The summed E-state index contributed by atoms with van der Waals surface area (Å²) in [6.45, 7) is 3.47. The molecule has 0 aliphatic carbocycles. The molecule has 0 bridgehead atoms. The van der Waals surface area contributed by atoms with Gasteiger partial charge in [-0.15, -0.1) is 0 Å². The first-order chi connectivity index (χ1) is 12.7. The Balaban J connectivity index is 1.61. The van der Waals surface area contributed by atoms with Crippen molar-refractivity contribution in [1.82, 2.24) is 15.6 Å². The number of benzene rings is 2. The lowest BCUT2D eigenvalue weighted by Gasteiger charge is -2.12. The standard InChI is InChI=1S/C22H24N4/c1-17-7-5-9-19(13-17)20-10-6-8-18(14-20)15-25-22(23-2)26-16-21-11-3-4-12-24-21/h3-14H,15-16H2,1-2H3,(H2,23,25,26). The van der Waals surface area contributed by atoms with Gasteiger partial charge in [0, 0.05) is 19.8 Å². The molecule has 4 heteroatoms. The van der Waals surface area contributed by atoms with E-state index in [2.05, 4.69) is 76.1 Å². The molecule has 0 saturated carbocycles. The number of guanidine groups is 1. The lowest BCUT2D eigenvalue weighted by molar-refractivity contribution is 0.794. The van der Waals surface area contributed by atoms with E-state index in [0.29, 0.717) is 13.1 Å². The summed E-state index contributed by atoms with van der Waals surface area (Å²) >= 11 is 0. The minimum absolute atomic E-state index is 0.643. The number of aliphatic imine (C=N–C) groups is 1. The lowest BCUT2D eigenvalue weighted by atomic mass is 10.0. The van der Waals surface area contributed by atoms with Crippen LogP contribution in [0.5, 0.6) is 0 Å². The van der Waals surface area contributed by atoms with Gasteiger partial charge < -0.3 is 10.6 Å². The second-order valence-electron chi connectivity index (χ2n) is 6.17. The molecule has 0 atom stereocenters. The van der Waals surface area contributed by atoms with Crippen LogP contribution in [0.25, 0.3) is 11.1 Å². The second-order valence-corrected chi connectivity index (χ2v) is 6.17. The third-order valence-corrected chi connectivity index (χ3v) is 4.13. The molecule has 26 heavy (non-hydrogen) atoms. The molecule has 0 amide bonds. The predicted octanol–water partition coefficient (Wildman–Crippen LogP) is 3.92. The van der Waals surface area contributed by atoms with Gasteiger partial charge in [0.15, 0.2) is 5.96 Å². The van der Waals surface area contributed by atoms with Gasteiger partial charge in [-0.3, -0.25) is 9.98 Å². The number of nitrogens with one attached hydrogen (secondary N) is 2. The molecule has 1 aromatic heterocycles. The molecule has 0 fully saturated rings. The average molecular weight is 344 g/mol. The fraction of sp³-hybridized carbons (Fsp3) is 0.182. The maximum atomic E-state index is 4.31. The Morgan fingerprint density at radius 3 is 2.38 bits per heavy atom. The van der Waals surface area contributed by atoms with Crippen LogP contribution in [0.3, 0.4) is 0 Å². The number of pyridine rings is 1. The molecular formula is C22H24N4. The van der Waals surface area contributed by atoms with Crippen molar-refractivity contribution in [2.75, 3.05) is 7.05 Å². The normalized spacial score (nSPS) is 11.2. The van der Waals surface area contributed by atoms with Gasteiger partial charge in [0.05, 0.1) is 12.2 Å². The van der Waals surface area contributed by atoms with Crippen molar-refractivity contribution in [3.8, 4) is 11.1 Å². The number of nitrogens with zero attached hydrogens (tertiary/aromatic N) is 2. The number of aromatic nitrogens is 1. The number of hydrogen-bond acceptors (Lipinski definition) is 2. The van der Waals surface area contributed by atoms with E-state index in [1.165, 1.54) is 22.3 Å². The molecule has 3 rings (SSSR count). The van der Waals surface area contributed by atoms with Crippen LogP contribution in [-0.4, -0.2) is 18.0 Å². The molecule has 4 nitrogen and oxygen atoms in total. The molecule has 0 saturated heterocycles. The first kappa shape index (κ1) is 17.7. The molecule has 3 aromatic rings.